The van der Waals surface area contributed by atoms with Gasteiger partial charge in [0, 0.05) is 30.4 Å². The number of aromatic nitrogens is 1. The molecule has 2 aliphatic rings. The minimum Gasteiger partial charge on any atom is -0.484 e. The van der Waals surface area contributed by atoms with E-state index in [1.54, 1.807) is 6.08 Å². The average molecular weight is 568 g/mol. The number of rotatable bonds is 6. The third kappa shape index (κ3) is 10.2. The first-order valence-corrected chi connectivity index (χ1v) is 13.8. The highest BCUT2D eigenvalue weighted by molar-refractivity contribution is 6.32. The molecule has 3 heterocycles. The number of benzene rings is 2. The van der Waals surface area contributed by atoms with E-state index in [1.165, 1.54) is 22.1 Å². The van der Waals surface area contributed by atoms with Crippen molar-refractivity contribution in [1.82, 2.24) is 15.2 Å². The Morgan fingerprint density at radius 1 is 1.07 bits per heavy atom. The quantitative estimate of drug-likeness (QED) is 0.279. The van der Waals surface area contributed by atoms with Crippen molar-refractivity contribution in [2.75, 3.05) is 20.1 Å². The standard InChI is InChI=1S/C18H15ClO2.C8H12N2.C4H6FNO.C2H6/c1-12-4-6-13(7-5-12)14-9-15-10-16(3-2-8-20)21-18(15)17(19)11-14;1-7-3-4-8(5-9-2)6-10-7;5-4-1-6(2-4)3-7;1-2/h2-9,11,16H,10H2,1H3;3-4,6,9H,5H2,1-2H3;3-4H,1-2H2;1-2H3/b3-2+;;;. The van der Waals surface area contributed by atoms with Crippen LogP contribution in [0.3, 0.4) is 0 Å². The van der Waals surface area contributed by atoms with E-state index in [-0.39, 0.29) is 6.10 Å². The third-order valence-corrected chi connectivity index (χ3v) is 6.25. The molecule has 0 saturated carbocycles. The number of likely N-dealkylation sites (tertiary alicyclic amines) is 1. The third-order valence-electron chi connectivity index (χ3n) is 5.97. The molecule has 1 aromatic heterocycles. The van der Waals surface area contributed by atoms with Crippen molar-refractivity contribution in [3.8, 4) is 16.9 Å². The number of carbonyl (C=O) groups is 2. The summed E-state index contributed by atoms with van der Waals surface area (Å²) >= 11 is 6.34. The van der Waals surface area contributed by atoms with Crippen LogP contribution in [0.2, 0.25) is 5.02 Å². The van der Waals surface area contributed by atoms with E-state index < -0.39 is 6.17 Å². The zero-order valence-corrected chi connectivity index (χ0v) is 24.6. The molecule has 0 aliphatic carbocycles. The van der Waals surface area contributed by atoms with Crippen LogP contribution < -0.4 is 10.1 Å². The number of aldehydes is 1. The van der Waals surface area contributed by atoms with Crippen LogP contribution >= 0.6 is 11.6 Å². The van der Waals surface area contributed by atoms with E-state index in [1.807, 2.05) is 46.1 Å². The molecule has 0 bridgehead atoms. The van der Waals surface area contributed by atoms with Gasteiger partial charge in [-0.15, -0.1) is 0 Å². The Kier molecular flexibility index (Phi) is 14.0. The summed E-state index contributed by atoms with van der Waals surface area (Å²) in [6.07, 6.45) is 6.40. The number of nitrogens with zero attached hydrogens (tertiary/aromatic N) is 2. The molecule has 1 amide bonds. The van der Waals surface area contributed by atoms with Crippen LogP contribution in [0.5, 0.6) is 5.75 Å². The molecule has 0 radical (unpaired) electrons. The van der Waals surface area contributed by atoms with Crippen LogP contribution in [0, 0.1) is 13.8 Å². The van der Waals surface area contributed by atoms with Gasteiger partial charge in [-0.3, -0.25) is 14.6 Å². The minimum absolute atomic E-state index is 0.115. The molecule has 6 nitrogen and oxygen atoms in total. The van der Waals surface area contributed by atoms with Gasteiger partial charge in [-0.2, -0.15) is 0 Å². The predicted molar refractivity (Wildman–Crippen MR) is 161 cm³/mol. The summed E-state index contributed by atoms with van der Waals surface area (Å²) in [7, 11) is 1.93. The van der Waals surface area contributed by atoms with E-state index in [0.717, 1.165) is 47.4 Å². The van der Waals surface area contributed by atoms with Crippen LogP contribution in [0.25, 0.3) is 11.1 Å². The number of aryl methyl sites for hydroxylation is 2. The van der Waals surface area contributed by atoms with Crippen LogP contribution in [0.15, 0.2) is 66.9 Å². The first kappa shape index (κ1) is 32.7. The molecule has 1 atom stereocenters. The van der Waals surface area contributed by atoms with Crippen molar-refractivity contribution in [2.45, 2.75) is 52.9 Å². The Labute approximate surface area is 242 Å². The highest BCUT2D eigenvalue weighted by Crippen LogP contribution is 2.39. The van der Waals surface area contributed by atoms with E-state index in [2.05, 4.69) is 53.6 Å². The summed E-state index contributed by atoms with van der Waals surface area (Å²) in [5, 5.41) is 3.68. The number of pyridine rings is 1. The first-order chi connectivity index (χ1) is 19.3. The lowest BCUT2D eigenvalue weighted by Gasteiger charge is -2.29. The zero-order chi connectivity index (χ0) is 29.5. The maximum absolute atomic E-state index is 11.8. The highest BCUT2D eigenvalue weighted by atomic mass is 35.5. The summed E-state index contributed by atoms with van der Waals surface area (Å²) in [6, 6.07) is 16.5. The van der Waals surface area contributed by atoms with Gasteiger partial charge < -0.3 is 15.0 Å². The van der Waals surface area contributed by atoms with Crippen LogP contribution in [-0.2, 0) is 22.6 Å². The second-order valence-electron chi connectivity index (χ2n) is 9.19. The van der Waals surface area contributed by atoms with Crippen LogP contribution in [-0.4, -0.2) is 55.0 Å². The lowest BCUT2D eigenvalue weighted by molar-refractivity contribution is -0.124. The highest BCUT2D eigenvalue weighted by Gasteiger charge is 2.24. The molecule has 1 unspecified atom stereocenters. The monoisotopic (exact) mass is 567 g/mol. The fourth-order valence-corrected chi connectivity index (χ4v) is 4.17. The van der Waals surface area contributed by atoms with Crippen molar-refractivity contribution in [2.24, 2.45) is 0 Å². The maximum Gasteiger partial charge on any atom is 0.209 e. The normalized spacial score (nSPS) is 15.2. The Morgan fingerprint density at radius 2 is 1.77 bits per heavy atom. The summed E-state index contributed by atoms with van der Waals surface area (Å²) in [4.78, 5) is 25.6. The number of fused-ring (bicyclic) bond motifs is 1. The molecular formula is C32H39ClFN3O3. The number of carbonyl (C=O) groups excluding carboxylic acids is 2. The summed E-state index contributed by atoms with van der Waals surface area (Å²) < 4.78 is 17.5. The van der Waals surface area contributed by atoms with Gasteiger partial charge in [0.05, 0.1) is 18.1 Å². The lowest BCUT2D eigenvalue weighted by atomic mass is 10.00. The van der Waals surface area contributed by atoms with Crippen LogP contribution in [0.1, 0.15) is 36.2 Å². The summed E-state index contributed by atoms with van der Waals surface area (Å²) in [6.45, 7) is 9.54. The number of ether oxygens (including phenoxy) is 1. The fraction of sp³-hybridized carbons (Fsp3) is 0.344. The van der Waals surface area contributed by atoms with E-state index >= 15 is 0 Å². The molecule has 8 heteroatoms. The Bertz CT molecular complexity index is 1230. The van der Waals surface area contributed by atoms with Crippen molar-refractivity contribution >= 4 is 24.3 Å². The van der Waals surface area contributed by atoms with E-state index in [9.17, 15) is 14.0 Å². The maximum atomic E-state index is 11.8. The number of allylic oxidation sites excluding steroid dienone is 1. The molecule has 1 saturated heterocycles. The van der Waals surface area contributed by atoms with E-state index in [0.29, 0.717) is 24.5 Å². The van der Waals surface area contributed by atoms with Gasteiger partial charge >= 0.3 is 0 Å². The van der Waals surface area contributed by atoms with Crippen molar-refractivity contribution in [1.29, 1.82) is 0 Å². The van der Waals surface area contributed by atoms with Gasteiger partial charge in [-0.1, -0.05) is 61.3 Å². The molecule has 1 fully saturated rings. The van der Waals surface area contributed by atoms with Crippen molar-refractivity contribution in [3.63, 3.8) is 0 Å². The Balaban J connectivity index is 0.000000244. The number of halogens is 2. The molecule has 3 aromatic rings. The van der Waals surface area contributed by atoms with Gasteiger partial charge in [0.1, 0.15) is 24.3 Å². The first-order valence-electron chi connectivity index (χ1n) is 13.4. The summed E-state index contributed by atoms with van der Waals surface area (Å²) in [5.74, 6) is 0.730. The topological polar surface area (TPSA) is 71.5 Å². The average Bonchev–Trinajstić information content (AvgIpc) is 3.37. The second kappa shape index (κ2) is 17.2. The van der Waals surface area contributed by atoms with E-state index in [4.69, 9.17) is 16.3 Å². The number of hydrogen-bond donors (Lipinski definition) is 1. The minimum atomic E-state index is -0.759. The number of amides is 1. The Hall–Kier alpha value is -3.55. The molecule has 2 aromatic carbocycles. The molecular weight excluding hydrogens is 529 g/mol. The second-order valence-corrected chi connectivity index (χ2v) is 9.60. The zero-order valence-electron chi connectivity index (χ0n) is 23.9. The number of alkyl halides is 1. The molecule has 5 rings (SSSR count). The smallest absolute Gasteiger partial charge is 0.209 e. The fourth-order valence-electron chi connectivity index (χ4n) is 3.88. The van der Waals surface area contributed by atoms with Crippen molar-refractivity contribution < 1.29 is 18.7 Å². The lowest BCUT2D eigenvalue weighted by Crippen LogP contribution is -2.47. The van der Waals surface area contributed by atoms with Gasteiger partial charge in [0.15, 0.2) is 0 Å². The molecule has 0 spiro atoms. The van der Waals surface area contributed by atoms with Gasteiger partial charge in [-0.25, -0.2) is 4.39 Å². The number of hydrogen-bond acceptors (Lipinski definition) is 5. The largest absolute Gasteiger partial charge is 0.484 e. The van der Waals surface area contributed by atoms with Gasteiger partial charge in [0.25, 0.3) is 0 Å². The Morgan fingerprint density at radius 3 is 2.30 bits per heavy atom. The predicted octanol–water partition coefficient (Wildman–Crippen LogP) is 6.31. The molecule has 40 heavy (non-hydrogen) atoms. The summed E-state index contributed by atoms with van der Waals surface area (Å²) in [5.41, 5.74) is 6.83. The number of nitrogens with one attached hydrogen (secondary N) is 1. The van der Waals surface area contributed by atoms with Gasteiger partial charge in [0.2, 0.25) is 6.41 Å². The molecule has 1 N–H and O–H groups in total. The van der Waals surface area contributed by atoms with Crippen LogP contribution in [0.4, 0.5) is 4.39 Å². The SMILES string of the molecule is CC.CNCc1ccc(C)nc1.Cc1ccc(-c2cc(Cl)c3c(c2)CC(/C=C/C=O)O3)cc1.O=CN1CC(F)C1. The van der Waals surface area contributed by atoms with Crippen molar-refractivity contribution in [3.05, 3.63) is 94.3 Å². The van der Waals surface area contributed by atoms with Gasteiger partial charge in [-0.05, 0) is 67.9 Å². The molecule has 2 aliphatic heterocycles. The molecule has 214 valence electrons.